The summed E-state index contributed by atoms with van der Waals surface area (Å²) in [6.45, 7) is 4.77. The summed E-state index contributed by atoms with van der Waals surface area (Å²) >= 11 is 0. The van der Waals surface area contributed by atoms with Crippen molar-refractivity contribution in [1.82, 2.24) is 15.5 Å². The van der Waals surface area contributed by atoms with Crippen LogP contribution in [0, 0.1) is 5.92 Å². The number of likely N-dealkylation sites (tertiary alicyclic amines) is 1. The Hall–Kier alpha value is -1.80. The Morgan fingerprint density at radius 2 is 1.81 bits per heavy atom. The van der Waals surface area contributed by atoms with Crippen LogP contribution in [0.3, 0.4) is 0 Å². The fraction of sp³-hybridized carbons (Fsp3) is 0.556. The fourth-order valence-electron chi connectivity index (χ4n) is 3.03. The summed E-state index contributed by atoms with van der Waals surface area (Å²) in [4.78, 5) is 25.9. The summed E-state index contributed by atoms with van der Waals surface area (Å²) in [5.41, 5.74) is -1.48. The highest BCUT2D eigenvalue weighted by atomic mass is 35.5. The molecule has 0 aliphatic carbocycles. The molecule has 0 bridgehead atoms. The lowest BCUT2D eigenvalue weighted by Crippen LogP contribution is -2.45. The lowest BCUT2D eigenvalue weighted by Gasteiger charge is -2.32. The van der Waals surface area contributed by atoms with Gasteiger partial charge in [-0.05, 0) is 44.0 Å². The van der Waals surface area contributed by atoms with E-state index in [1.165, 1.54) is 12.1 Å². The Morgan fingerprint density at radius 1 is 1.19 bits per heavy atom. The van der Waals surface area contributed by atoms with E-state index in [1.807, 2.05) is 6.92 Å². The van der Waals surface area contributed by atoms with Crippen LogP contribution in [0.25, 0.3) is 0 Å². The molecule has 9 heteroatoms. The first-order chi connectivity index (χ1) is 12.3. The van der Waals surface area contributed by atoms with E-state index in [9.17, 15) is 22.8 Å². The predicted octanol–water partition coefficient (Wildman–Crippen LogP) is 2.71. The van der Waals surface area contributed by atoms with Crippen LogP contribution in [0.1, 0.15) is 35.7 Å². The third-order valence-electron chi connectivity index (χ3n) is 4.53. The topological polar surface area (TPSA) is 61.4 Å². The molecule has 1 saturated heterocycles. The second kappa shape index (κ2) is 10.5. The average molecular weight is 408 g/mol. The molecule has 0 unspecified atom stereocenters. The van der Waals surface area contributed by atoms with Gasteiger partial charge in [0, 0.05) is 13.1 Å². The van der Waals surface area contributed by atoms with Crippen LogP contribution in [0.2, 0.25) is 0 Å². The van der Waals surface area contributed by atoms with Crippen LogP contribution in [-0.2, 0) is 11.0 Å². The highest BCUT2D eigenvalue weighted by Gasteiger charge is 2.35. The van der Waals surface area contributed by atoms with E-state index >= 15 is 0 Å². The number of hydrogen-bond acceptors (Lipinski definition) is 3. The summed E-state index contributed by atoms with van der Waals surface area (Å²) in [6.07, 6.45) is -2.86. The van der Waals surface area contributed by atoms with Crippen LogP contribution in [0.5, 0.6) is 0 Å². The molecule has 5 nitrogen and oxygen atoms in total. The van der Waals surface area contributed by atoms with Crippen LogP contribution in [-0.4, -0.2) is 49.4 Å². The van der Waals surface area contributed by atoms with Gasteiger partial charge < -0.3 is 15.5 Å². The number of carbonyl (C=O) groups is 2. The normalized spacial score (nSPS) is 15.2. The number of carbonyl (C=O) groups excluding carboxylic acids is 2. The number of amides is 2. The van der Waals surface area contributed by atoms with E-state index in [0.717, 1.165) is 38.1 Å². The first-order valence-corrected chi connectivity index (χ1v) is 8.75. The summed E-state index contributed by atoms with van der Waals surface area (Å²) in [5, 5.41) is 5.60. The standard InChI is InChI=1S/C18H24F3N3O2.ClH/c1-2-22-11-13-7-9-24(10-8-13)16(25)12-23-17(26)14-5-3-4-6-15(14)18(19,20)21;/h3-6,13,22H,2,7-12H2,1H3,(H,23,26);1H. The number of piperidine rings is 1. The second-order valence-corrected chi connectivity index (χ2v) is 6.36. The molecule has 2 rings (SSSR count). The maximum atomic E-state index is 13.0. The minimum absolute atomic E-state index is 0. The number of nitrogens with one attached hydrogen (secondary N) is 2. The SMILES string of the molecule is CCNCC1CCN(C(=O)CNC(=O)c2ccccc2C(F)(F)F)CC1.Cl. The molecular weight excluding hydrogens is 383 g/mol. The smallest absolute Gasteiger partial charge is 0.343 e. The van der Waals surface area contributed by atoms with Crippen molar-refractivity contribution in [3.8, 4) is 0 Å². The molecule has 0 atom stereocenters. The van der Waals surface area contributed by atoms with E-state index in [2.05, 4.69) is 10.6 Å². The van der Waals surface area contributed by atoms with Crippen molar-refractivity contribution in [2.24, 2.45) is 5.92 Å². The van der Waals surface area contributed by atoms with E-state index < -0.39 is 23.2 Å². The number of hydrogen-bond donors (Lipinski definition) is 2. The third kappa shape index (κ3) is 6.70. The van der Waals surface area contributed by atoms with Gasteiger partial charge in [0.2, 0.25) is 5.91 Å². The Labute approximate surface area is 163 Å². The number of nitrogens with zero attached hydrogens (tertiary/aromatic N) is 1. The summed E-state index contributed by atoms with van der Waals surface area (Å²) in [7, 11) is 0. The van der Waals surface area contributed by atoms with Gasteiger partial charge in [0.1, 0.15) is 0 Å². The molecule has 1 heterocycles. The van der Waals surface area contributed by atoms with Gasteiger partial charge >= 0.3 is 6.18 Å². The van der Waals surface area contributed by atoms with Crippen molar-refractivity contribution >= 4 is 24.2 Å². The van der Waals surface area contributed by atoms with Gasteiger partial charge in [0.25, 0.3) is 5.91 Å². The maximum absolute atomic E-state index is 13.0. The van der Waals surface area contributed by atoms with Crippen molar-refractivity contribution in [2.45, 2.75) is 25.9 Å². The Morgan fingerprint density at radius 3 is 2.41 bits per heavy atom. The first kappa shape index (κ1) is 23.2. The maximum Gasteiger partial charge on any atom is 0.417 e. The molecule has 0 saturated carbocycles. The van der Waals surface area contributed by atoms with Crippen molar-refractivity contribution in [3.05, 3.63) is 35.4 Å². The largest absolute Gasteiger partial charge is 0.417 e. The summed E-state index contributed by atoms with van der Waals surface area (Å²) in [5.74, 6) is -0.648. The molecule has 2 N–H and O–H groups in total. The van der Waals surface area contributed by atoms with Crippen molar-refractivity contribution in [2.75, 3.05) is 32.7 Å². The van der Waals surface area contributed by atoms with Gasteiger partial charge in [0.15, 0.2) is 0 Å². The zero-order valence-corrected chi connectivity index (χ0v) is 16.0. The zero-order chi connectivity index (χ0) is 19.2. The molecule has 1 aliphatic heterocycles. The molecule has 2 amide bonds. The molecule has 1 fully saturated rings. The van der Waals surface area contributed by atoms with E-state index in [-0.39, 0.29) is 24.9 Å². The Bertz CT molecular complexity index is 633. The van der Waals surface area contributed by atoms with Gasteiger partial charge in [-0.15, -0.1) is 12.4 Å². The number of alkyl halides is 3. The molecule has 0 aromatic heterocycles. The van der Waals surface area contributed by atoms with Crippen LogP contribution >= 0.6 is 12.4 Å². The van der Waals surface area contributed by atoms with Crippen LogP contribution in [0.15, 0.2) is 24.3 Å². The quantitative estimate of drug-likeness (QED) is 0.762. The lowest BCUT2D eigenvalue weighted by atomic mass is 9.97. The van der Waals surface area contributed by atoms with Gasteiger partial charge in [-0.1, -0.05) is 19.1 Å². The third-order valence-corrected chi connectivity index (χ3v) is 4.53. The molecule has 1 aromatic rings. The number of benzene rings is 1. The Balaban J connectivity index is 0.00000364. The molecule has 152 valence electrons. The lowest BCUT2D eigenvalue weighted by molar-refractivity contribution is -0.137. The summed E-state index contributed by atoms with van der Waals surface area (Å²) < 4.78 is 38.9. The highest BCUT2D eigenvalue weighted by molar-refractivity contribution is 5.97. The zero-order valence-electron chi connectivity index (χ0n) is 15.1. The predicted molar refractivity (Wildman–Crippen MR) is 98.9 cm³/mol. The second-order valence-electron chi connectivity index (χ2n) is 6.36. The first-order valence-electron chi connectivity index (χ1n) is 8.75. The number of halogens is 4. The minimum Gasteiger partial charge on any atom is -0.343 e. The Kier molecular flexibility index (Phi) is 9.05. The average Bonchev–Trinajstić information content (AvgIpc) is 2.64. The molecular formula is C18H25ClF3N3O2. The molecule has 0 radical (unpaired) electrons. The highest BCUT2D eigenvalue weighted by Crippen LogP contribution is 2.31. The van der Waals surface area contributed by atoms with E-state index in [0.29, 0.717) is 19.0 Å². The van der Waals surface area contributed by atoms with Gasteiger partial charge in [-0.2, -0.15) is 13.2 Å². The van der Waals surface area contributed by atoms with Crippen LogP contribution < -0.4 is 10.6 Å². The minimum atomic E-state index is -4.62. The molecule has 27 heavy (non-hydrogen) atoms. The number of rotatable bonds is 6. The molecule has 1 aromatic carbocycles. The fourth-order valence-corrected chi connectivity index (χ4v) is 3.03. The van der Waals surface area contributed by atoms with E-state index in [1.54, 1.807) is 4.90 Å². The van der Waals surface area contributed by atoms with Gasteiger partial charge in [0.05, 0.1) is 17.7 Å². The van der Waals surface area contributed by atoms with Crippen molar-refractivity contribution in [1.29, 1.82) is 0 Å². The monoisotopic (exact) mass is 407 g/mol. The molecule has 1 aliphatic rings. The van der Waals surface area contributed by atoms with Gasteiger partial charge in [-0.3, -0.25) is 9.59 Å². The van der Waals surface area contributed by atoms with Crippen LogP contribution in [0.4, 0.5) is 13.2 Å². The van der Waals surface area contributed by atoms with Crippen molar-refractivity contribution < 1.29 is 22.8 Å². The van der Waals surface area contributed by atoms with Crippen molar-refractivity contribution in [3.63, 3.8) is 0 Å². The summed E-state index contributed by atoms with van der Waals surface area (Å²) in [6, 6.07) is 4.55. The van der Waals surface area contributed by atoms with Gasteiger partial charge in [-0.25, -0.2) is 0 Å². The molecule has 0 spiro atoms. The van der Waals surface area contributed by atoms with E-state index in [4.69, 9.17) is 0 Å².